The summed E-state index contributed by atoms with van der Waals surface area (Å²) in [5.41, 5.74) is 0. The van der Waals surface area contributed by atoms with Gasteiger partial charge in [-0.15, -0.1) is 15.3 Å². The van der Waals surface area contributed by atoms with Crippen LogP contribution in [-0.2, 0) is 11.2 Å². The van der Waals surface area contributed by atoms with Gasteiger partial charge in [-0.1, -0.05) is 31.6 Å². The van der Waals surface area contributed by atoms with Crippen molar-refractivity contribution in [3.05, 3.63) is 5.82 Å². The fraction of sp³-hybridized carbons (Fsp3) is 0.636. The molecule has 0 atom stereocenters. The van der Waals surface area contributed by atoms with E-state index in [2.05, 4.69) is 27.5 Å². The third kappa shape index (κ3) is 2.84. The Kier molecular flexibility index (Phi) is 4.24. The average Bonchev–Trinajstić information content (AvgIpc) is 2.87. The Morgan fingerprint density at radius 3 is 2.89 bits per heavy atom. The van der Waals surface area contributed by atoms with E-state index >= 15 is 0 Å². The first-order valence-electron chi connectivity index (χ1n) is 6.25. The number of nitrogens with zero attached hydrogens (tertiary/aromatic N) is 4. The Hall–Kier alpha value is -1.50. The van der Waals surface area contributed by atoms with Crippen molar-refractivity contribution < 1.29 is 4.79 Å². The Labute approximate surface area is 109 Å². The van der Waals surface area contributed by atoms with E-state index in [4.69, 9.17) is 0 Å². The minimum atomic E-state index is -0.00225. The molecule has 0 unspecified atom stereocenters. The van der Waals surface area contributed by atoms with Crippen molar-refractivity contribution in [3.63, 3.8) is 0 Å². The number of aryl methyl sites for hydroxylation is 1. The molecule has 0 saturated carbocycles. The average molecular weight is 267 g/mol. The molecule has 0 bridgehead atoms. The second-order valence-electron chi connectivity index (χ2n) is 4.12. The Morgan fingerprint density at radius 1 is 1.33 bits per heavy atom. The molecule has 0 aliphatic rings. The molecule has 1 amide bonds. The molecule has 2 aromatic heterocycles. The van der Waals surface area contributed by atoms with Crippen LogP contribution >= 0.6 is 11.3 Å². The SMILES string of the molecule is CCCCc1nnc2sc(NC(=O)CCC)nn12. The molecule has 2 rings (SSSR count). The lowest BCUT2D eigenvalue weighted by Crippen LogP contribution is -2.10. The summed E-state index contributed by atoms with van der Waals surface area (Å²) in [5.74, 6) is 0.858. The van der Waals surface area contributed by atoms with Crippen molar-refractivity contribution in [1.82, 2.24) is 19.8 Å². The van der Waals surface area contributed by atoms with Gasteiger partial charge in [0.25, 0.3) is 0 Å². The number of carbonyl (C=O) groups excluding carboxylic acids is 1. The lowest BCUT2D eigenvalue weighted by Gasteiger charge is -1.97. The highest BCUT2D eigenvalue weighted by atomic mass is 32.1. The topological polar surface area (TPSA) is 72.2 Å². The fourth-order valence-electron chi connectivity index (χ4n) is 1.61. The van der Waals surface area contributed by atoms with Crippen LogP contribution in [0.2, 0.25) is 0 Å². The van der Waals surface area contributed by atoms with Gasteiger partial charge in [0.1, 0.15) is 0 Å². The Bertz CT molecular complexity index is 533. The molecule has 98 valence electrons. The number of hydrogen-bond acceptors (Lipinski definition) is 5. The number of fused-ring (bicyclic) bond motifs is 1. The van der Waals surface area contributed by atoms with Crippen molar-refractivity contribution in [1.29, 1.82) is 0 Å². The molecule has 2 aromatic rings. The summed E-state index contributed by atoms with van der Waals surface area (Å²) in [6, 6.07) is 0. The van der Waals surface area contributed by atoms with Crippen LogP contribution in [0.4, 0.5) is 5.13 Å². The molecule has 0 radical (unpaired) electrons. The summed E-state index contributed by atoms with van der Waals surface area (Å²) in [7, 11) is 0. The van der Waals surface area contributed by atoms with Gasteiger partial charge >= 0.3 is 0 Å². The summed E-state index contributed by atoms with van der Waals surface area (Å²) >= 11 is 1.35. The van der Waals surface area contributed by atoms with E-state index in [1.54, 1.807) is 4.52 Å². The first-order valence-corrected chi connectivity index (χ1v) is 7.07. The van der Waals surface area contributed by atoms with Gasteiger partial charge in [0.2, 0.25) is 16.0 Å². The fourth-order valence-corrected chi connectivity index (χ4v) is 2.38. The quantitative estimate of drug-likeness (QED) is 0.871. The first kappa shape index (κ1) is 12.9. The number of anilines is 1. The number of unbranched alkanes of at least 4 members (excludes halogenated alkanes) is 1. The van der Waals surface area contributed by atoms with Gasteiger partial charge in [-0.3, -0.25) is 4.79 Å². The summed E-state index contributed by atoms with van der Waals surface area (Å²) in [4.78, 5) is 12.2. The van der Waals surface area contributed by atoms with Gasteiger partial charge in [0.05, 0.1) is 0 Å². The van der Waals surface area contributed by atoms with Gasteiger partial charge in [0.15, 0.2) is 5.82 Å². The molecule has 0 aliphatic carbocycles. The van der Waals surface area contributed by atoms with Crippen LogP contribution in [0.15, 0.2) is 0 Å². The van der Waals surface area contributed by atoms with E-state index in [1.807, 2.05) is 6.92 Å². The van der Waals surface area contributed by atoms with Crippen LogP contribution < -0.4 is 5.32 Å². The zero-order valence-corrected chi connectivity index (χ0v) is 11.5. The number of aromatic nitrogens is 4. The van der Waals surface area contributed by atoms with Crippen molar-refractivity contribution in [2.45, 2.75) is 46.0 Å². The van der Waals surface area contributed by atoms with E-state index in [0.29, 0.717) is 11.6 Å². The summed E-state index contributed by atoms with van der Waals surface area (Å²) in [5, 5.41) is 15.9. The van der Waals surface area contributed by atoms with Crippen LogP contribution in [0.25, 0.3) is 4.96 Å². The van der Waals surface area contributed by atoms with Gasteiger partial charge in [0, 0.05) is 12.8 Å². The van der Waals surface area contributed by atoms with E-state index < -0.39 is 0 Å². The van der Waals surface area contributed by atoms with Crippen LogP contribution in [0.3, 0.4) is 0 Å². The zero-order chi connectivity index (χ0) is 13.0. The highest BCUT2D eigenvalue weighted by molar-refractivity contribution is 7.20. The van der Waals surface area contributed by atoms with Crippen molar-refractivity contribution in [3.8, 4) is 0 Å². The van der Waals surface area contributed by atoms with Crippen molar-refractivity contribution in [2.75, 3.05) is 5.32 Å². The summed E-state index contributed by atoms with van der Waals surface area (Å²) in [6.07, 6.45) is 4.39. The zero-order valence-electron chi connectivity index (χ0n) is 10.6. The number of nitrogens with one attached hydrogen (secondary N) is 1. The Morgan fingerprint density at radius 2 is 2.17 bits per heavy atom. The molecule has 0 aliphatic heterocycles. The number of rotatable bonds is 6. The third-order valence-corrected chi connectivity index (χ3v) is 3.35. The molecular weight excluding hydrogens is 250 g/mol. The van der Waals surface area contributed by atoms with E-state index in [1.165, 1.54) is 11.3 Å². The smallest absolute Gasteiger partial charge is 0.236 e. The first-order chi connectivity index (χ1) is 8.74. The standard InChI is InChI=1S/C11H17N5OS/c1-3-5-7-8-13-14-11-16(8)15-10(18-11)12-9(17)6-4-2/h3-7H2,1-2H3,(H,12,15,17). The van der Waals surface area contributed by atoms with Gasteiger partial charge < -0.3 is 5.32 Å². The summed E-state index contributed by atoms with van der Waals surface area (Å²) in [6.45, 7) is 4.11. The third-order valence-electron chi connectivity index (χ3n) is 2.53. The van der Waals surface area contributed by atoms with Crippen LogP contribution in [-0.4, -0.2) is 25.7 Å². The second kappa shape index (κ2) is 5.90. The number of hydrogen-bond donors (Lipinski definition) is 1. The normalized spacial score (nSPS) is 11.0. The molecule has 1 N–H and O–H groups in total. The van der Waals surface area contributed by atoms with Gasteiger partial charge in [-0.05, 0) is 12.8 Å². The van der Waals surface area contributed by atoms with E-state index in [-0.39, 0.29) is 5.91 Å². The number of carbonyl (C=O) groups is 1. The van der Waals surface area contributed by atoms with Crippen molar-refractivity contribution >= 4 is 27.3 Å². The second-order valence-corrected chi connectivity index (χ2v) is 5.08. The molecule has 2 heterocycles. The highest BCUT2D eigenvalue weighted by Crippen LogP contribution is 2.19. The lowest BCUT2D eigenvalue weighted by molar-refractivity contribution is -0.116. The van der Waals surface area contributed by atoms with Crippen molar-refractivity contribution in [2.24, 2.45) is 0 Å². The predicted molar refractivity (Wildman–Crippen MR) is 70.8 cm³/mol. The molecule has 6 nitrogen and oxygen atoms in total. The van der Waals surface area contributed by atoms with Crippen LogP contribution in [0, 0.1) is 0 Å². The summed E-state index contributed by atoms with van der Waals surface area (Å²) < 4.78 is 1.72. The monoisotopic (exact) mass is 267 g/mol. The largest absolute Gasteiger partial charge is 0.301 e. The van der Waals surface area contributed by atoms with E-state index in [0.717, 1.165) is 36.5 Å². The molecule has 0 aromatic carbocycles. The molecule has 18 heavy (non-hydrogen) atoms. The molecular formula is C11H17N5OS. The van der Waals surface area contributed by atoms with Crippen LogP contribution in [0.5, 0.6) is 0 Å². The Balaban J connectivity index is 2.12. The maximum atomic E-state index is 11.5. The minimum Gasteiger partial charge on any atom is -0.301 e. The van der Waals surface area contributed by atoms with Gasteiger partial charge in [-0.2, -0.15) is 4.52 Å². The highest BCUT2D eigenvalue weighted by Gasteiger charge is 2.12. The predicted octanol–water partition coefficient (Wildman–Crippen LogP) is 2.27. The van der Waals surface area contributed by atoms with Gasteiger partial charge in [-0.25, -0.2) is 0 Å². The van der Waals surface area contributed by atoms with E-state index in [9.17, 15) is 4.79 Å². The molecule has 7 heteroatoms. The molecule has 0 fully saturated rings. The maximum absolute atomic E-state index is 11.5. The maximum Gasteiger partial charge on any atom is 0.236 e. The van der Waals surface area contributed by atoms with Crippen LogP contribution in [0.1, 0.15) is 45.4 Å². The molecule has 0 spiro atoms. The number of amides is 1. The molecule has 0 saturated heterocycles. The lowest BCUT2D eigenvalue weighted by atomic mass is 10.2. The minimum absolute atomic E-state index is 0.00225.